The number of halogens is 1. The predicted molar refractivity (Wildman–Crippen MR) is 114 cm³/mol. The van der Waals surface area contributed by atoms with Gasteiger partial charge in [0.25, 0.3) is 0 Å². The fourth-order valence-electron chi connectivity index (χ4n) is 3.51. The van der Waals surface area contributed by atoms with Crippen LogP contribution in [0.25, 0.3) is 0 Å². The molecule has 0 saturated heterocycles. The minimum atomic E-state index is -0.291. The molecule has 0 unspecified atom stereocenters. The first-order chi connectivity index (χ1) is 14.0. The lowest BCUT2D eigenvalue weighted by Gasteiger charge is -2.33. The van der Waals surface area contributed by atoms with E-state index in [2.05, 4.69) is 0 Å². The van der Waals surface area contributed by atoms with E-state index in [0.29, 0.717) is 19.6 Å². The standard InChI is InChI=1S/C23H29FN2O2S/c1-3-13-25(23(28)19-5-4-6-19)16-22(27)26(15-21-12-7-17(2)29-21)14-18-8-10-20(24)11-9-18/h7-12,19H,3-6,13-16H2,1-2H3. The maximum Gasteiger partial charge on any atom is 0.242 e. The fraction of sp³-hybridized carbons (Fsp3) is 0.478. The van der Waals surface area contributed by atoms with Gasteiger partial charge in [-0.15, -0.1) is 11.3 Å². The zero-order valence-electron chi connectivity index (χ0n) is 17.2. The molecule has 4 nitrogen and oxygen atoms in total. The van der Waals surface area contributed by atoms with Crippen molar-refractivity contribution in [1.29, 1.82) is 0 Å². The Morgan fingerprint density at radius 1 is 1.07 bits per heavy atom. The van der Waals surface area contributed by atoms with Gasteiger partial charge in [-0.05, 0) is 56.0 Å². The summed E-state index contributed by atoms with van der Waals surface area (Å²) in [6.07, 6.45) is 3.79. The van der Waals surface area contributed by atoms with Gasteiger partial charge in [0.2, 0.25) is 11.8 Å². The van der Waals surface area contributed by atoms with Gasteiger partial charge >= 0.3 is 0 Å². The molecule has 0 N–H and O–H groups in total. The first kappa shape index (κ1) is 21.5. The molecule has 0 radical (unpaired) electrons. The smallest absolute Gasteiger partial charge is 0.242 e. The molecule has 2 aromatic rings. The van der Waals surface area contributed by atoms with Crippen LogP contribution in [0, 0.1) is 18.7 Å². The Kier molecular flexibility index (Phi) is 7.42. The molecule has 0 bridgehead atoms. The molecule has 2 amide bonds. The van der Waals surface area contributed by atoms with Gasteiger partial charge in [-0.25, -0.2) is 4.39 Å². The number of thiophene rings is 1. The monoisotopic (exact) mass is 416 g/mol. The van der Waals surface area contributed by atoms with Crippen molar-refractivity contribution < 1.29 is 14.0 Å². The van der Waals surface area contributed by atoms with Crippen molar-refractivity contribution in [2.45, 2.75) is 52.6 Å². The van der Waals surface area contributed by atoms with Crippen LogP contribution in [0.3, 0.4) is 0 Å². The number of rotatable bonds is 9. The van der Waals surface area contributed by atoms with Gasteiger partial charge in [-0.3, -0.25) is 9.59 Å². The van der Waals surface area contributed by atoms with Gasteiger partial charge in [-0.1, -0.05) is 25.5 Å². The van der Waals surface area contributed by atoms with E-state index in [1.165, 1.54) is 17.0 Å². The van der Waals surface area contributed by atoms with Gasteiger partial charge in [0.1, 0.15) is 5.82 Å². The summed E-state index contributed by atoms with van der Waals surface area (Å²) in [5.41, 5.74) is 0.875. The summed E-state index contributed by atoms with van der Waals surface area (Å²) in [7, 11) is 0. The molecule has 3 rings (SSSR count). The molecule has 1 saturated carbocycles. The average Bonchev–Trinajstić information content (AvgIpc) is 3.06. The number of hydrogen-bond donors (Lipinski definition) is 0. The Morgan fingerprint density at radius 3 is 2.34 bits per heavy atom. The second kappa shape index (κ2) is 10.0. The average molecular weight is 417 g/mol. The summed E-state index contributed by atoms with van der Waals surface area (Å²) >= 11 is 1.67. The van der Waals surface area contributed by atoms with Gasteiger partial charge in [0.15, 0.2) is 0 Å². The summed E-state index contributed by atoms with van der Waals surface area (Å²) in [5, 5.41) is 0. The lowest BCUT2D eigenvalue weighted by Crippen LogP contribution is -2.46. The number of carbonyl (C=O) groups is 2. The van der Waals surface area contributed by atoms with Crippen LogP contribution in [0.15, 0.2) is 36.4 Å². The first-order valence-corrected chi connectivity index (χ1v) is 11.1. The van der Waals surface area contributed by atoms with Crippen molar-refractivity contribution in [3.8, 4) is 0 Å². The highest BCUT2D eigenvalue weighted by Crippen LogP contribution is 2.28. The predicted octanol–water partition coefficient (Wildman–Crippen LogP) is 4.76. The normalized spacial score (nSPS) is 13.8. The van der Waals surface area contributed by atoms with Crippen molar-refractivity contribution in [2.24, 2.45) is 5.92 Å². The Labute approximate surface area is 176 Å². The molecule has 1 aliphatic rings. The van der Waals surface area contributed by atoms with Crippen molar-refractivity contribution in [2.75, 3.05) is 13.1 Å². The third-order valence-electron chi connectivity index (χ3n) is 5.37. The number of benzene rings is 1. The Morgan fingerprint density at radius 2 is 1.79 bits per heavy atom. The maximum atomic E-state index is 13.3. The van der Waals surface area contributed by atoms with E-state index < -0.39 is 0 Å². The number of carbonyl (C=O) groups excluding carboxylic acids is 2. The highest BCUT2D eigenvalue weighted by atomic mass is 32.1. The largest absolute Gasteiger partial charge is 0.333 e. The molecule has 156 valence electrons. The molecule has 1 aromatic carbocycles. The first-order valence-electron chi connectivity index (χ1n) is 10.3. The number of aryl methyl sites for hydroxylation is 1. The lowest BCUT2D eigenvalue weighted by atomic mass is 9.84. The third kappa shape index (κ3) is 5.89. The van der Waals surface area contributed by atoms with Crippen LogP contribution < -0.4 is 0 Å². The van der Waals surface area contributed by atoms with Gasteiger partial charge < -0.3 is 9.80 Å². The zero-order chi connectivity index (χ0) is 20.8. The third-order valence-corrected chi connectivity index (χ3v) is 6.35. The minimum absolute atomic E-state index is 0.0681. The second-order valence-corrected chi connectivity index (χ2v) is 9.15. The Balaban J connectivity index is 1.74. The molecule has 0 spiro atoms. The molecule has 0 atom stereocenters. The highest BCUT2D eigenvalue weighted by molar-refractivity contribution is 7.11. The van der Waals surface area contributed by atoms with Gasteiger partial charge in [0, 0.05) is 28.8 Å². The second-order valence-electron chi connectivity index (χ2n) is 7.78. The minimum Gasteiger partial charge on any atom is -0.333 e. The SMILES string of the molecule is CCCN(CC(=O)N(Cc1ccc(F)cc1)Cc1ccc(C)s1)C(=O)C1CCC1. The van der Waals surface area contributed by atoms with Crippen LogP contribution in [0.2, 0.25) is 0 Å². The van der Waals surface area contributed by atoms with Crippen LogP contribution >= 0.6 is 11.3 Å². The van der Waals surface area contributed by atoms with E-state index in [-0.39, 0.29) is 30.1 Å². The number of hydrogen-bond acceptors (Lipinski definition) is 3. The van der Waals surface area contributed by atoms with E-state index in [1.807, 2.05) is 26.0 Å². The molecular formula is C23H29FN2O2S. The molecule has 1 aromatic heterocycles. The molecular weight excluding hydrogens is 387 g/mol. The van der Waals surface area contributed by atoms with Crippen LogP contribution in [-0.2, 0) is 22.7 Å². The highest BCUT2D eigenvalue weighted by Gasteiger charge is 2.31. The summed E-state index contributed by atoms with van der Waals surface area (Å²) in [4.78, 5) is 31.8. The van der Waals surface area contributed by atoms with Crippen LogP contribution in [-0.4, -0.2) is 34.7 Å². The van der Waals surface area contributed by atoms with Crippen molar-refractivity contribution in [3.05, 3.63) is 57.5 Å². The Bertz CT molecular complexity index is 830. The van der Waals surface area contributed by atoms with E-state index >= 15 is 0 Å². The summed E-state index contributed by atoms with van der Waals surface area (Å²) in [5.74, 6) is -0.165. The number of amides is 2. The van der Waals surface area contributed by atoms with Gasteiger partial charge in [0.05, 0.1) is 13.1 Å². The van der Waals surface area contributed by atoms with E-state index in [0.717, 1.165) is 36.1 Å². The van der Waals surface area contributed by atoms with E-state index in [9.17, 15) is 14.0 Å². The fourth-order valence-corrected chi connectivity index (χ4v) is 4.42. The molecule has 1 aliphatic carbocycles. The zero-order valence-corrected chi connectivity index (χ0v) is 18.0. The lowest BCUT2D eigenvalue weighted by molar-refractivity contribution is -0.145. The van der Waals surface area contributed by atoms with Crippen LogP contribution in [0.5, 0.6) is 0 Å². The van der Waals surface area contributed by atoms with Crippen molar-refractivity contribution in [3.63, 3.8) is 0 Å². The summed E-state index contributed by atoms with van der Waals surface area (Å²) < 4.78 is 13.3. The van der Waals surface area contributed by atoms with Crippen LogP contribution in [0.1, 0.15) is 47.9 Å². The summed E-state index contributed by atoms with van der Waals surface area (Å²) in [6, 6.07) is 10.3. The molecule has 0 aliphatic heterocycles. The van der Waals surface area contributed by atoms with Gasteiger partial charge in [-0.2, -0.15) is 0 Å². The summed E-state index contributed by atoms with van der Waals surface area (Å²) in [6.45, 7) is 5.66. The van der Waals surface area contributed by atoms with Crippen molar-refractivity contribution >= 4 is 23.2 Å². The Hall–Kier alpha value is -2.21. The maximum absolute atomic E-state index is 13.3. The van der Waals surface area contributed by atoms with Crippen LogP contribution in [0.4, 0.5) is 4.39 Å². The van der Waals surface area contributed by atoms with E-state index in [1.54, 1.807) is 33.3 Å². The molecule has 6 heteroatoms. The van der Waals surface area contributed by atoms with E-state index in [4.69, 9.17) is 0 Å². The van der Waals surface area contributed by atoms with Crippen molar-refractivity contribution in [1.82, 2.24) is 9.80 Å². The topological polar surface area (TPSA) is 40.6 Å². The molecule has 1 fully saturated rings. The molecule has 1 heterocycles. The molecule has 29 heavy (non-hydrogen) atoms. The quantitative estimate of drug-likeness (QED) is 0.591. The number of nitrogens with zero attached hydrogens (tertiary/aromatic N) is 2.